The summed E-state index contributed by atoms with van der Waals surface area (Å²) < 4.78 is 28.3. The van der Waals surface area contributed by atoms with Gasteiger partial charge in [0.1, 0.15) is 23.0 Å². The molecule has 0 saturated carbocycles. The number of hydrogen-bond acceptors (Lipinski definition) is 3. The molecular weight excluding hydrogens is 254 g/mol. The highest BCUT2D eigenvalue weighted by molar-refractivity contribution is 6.02. The summed E-state index contributed by atoms with van der Waals surface area (Å²) in [5.74, 6) is -2.36. The molecular formula is C12H12F2N4O. The van der Waals surface area contributed by atoms with Crippen molar-refractivity contribution in [2.45, 2.75) is 6.54 Å². The summed E-state index contributed by atoms with van der Waals surface area (Å²) in [4.78, 5) is 15.6. The summed E-state index contributed by atoms with van der Waals surface area (Å²) in [6.07, 6.45) is 2.89. The molecule has 19 heavy (non-hydrogen) atoms. The third-order valence-electron chi connectivity index (χ3n) is 2.45. The first-order valence-corrected chi connectivity index (χ1v) is 5.59. The number of carbonyl (C=O) groups is 1. The Morgan fingerprint density at radius 3 is 2.68 bits per heavy atom. The maximum absolute atomic E-state index is 13.4. The lowest BCUT2D eigenvalue weighted by molar-refractivity contribution is 0.102. The normalized spacial score (nSPS) is 10.5. The van der Waals surface area contributed by atoms with Gasteiger partial charge in [-0.15, -0.1) is 0 Å². The lowest BCUT2D eigenvalue weighted by Gasteiger charge is -2.05. The molecule has 2 aromatic rings. The van der Waals surface area contributed by atoms with E-state index < -0.39 is 23.2 Å². The molecule has 100 valence electrons. The minimum absolute atomic E-state index is 0.0658. The Balaban J connectivity index is 2.16. The number of anilines is 1. The minimum atomic E-state index is -0.838. The van der Waals surface area contributed by atoms with Gasteiger partial charge in [-0.3, -0.25) is 4.79 Å². The Bertz CT molecular complexity index is 577. The van der Waals surface area contributed by atoms with Crippen molar-refractivity contribution in [3.63, 3.8) is 0 Å². The third-order valence-corrected chi connectivity index (χ3v) is 2.45. The Kier molecular flexibility index (Phi) is 3.86. The molecule has 1 amide bonds. The van der Waals surface area contributed by atoms with Crippen molar-refractivity contribution in [3.8, 4) is 0 Å². The van der Waals surface area contributed by atoms with Crippen LogP contribution in [0.25, 0.3) is 0 Å². The fraction of sp³-hybridized carbons (Fsp3) is 0.167. The highest BCUT2D eigenvalue weighted by Gasteiger charge is 2.15. The number of amides is 1. The van der Waals surface area contributed by atoms with Crippen LogP contribution in [0.5, 0.6) is 0 Å². The Morgan fingerprint density at radius 1 is 1.37 bits per heavy atom. The topological polar surface area (TPSA) is 72.9 Å². The molecule has 0 saturated heterocycles. The zero-order chi connectivity index (χ0) is 13.8. The molecule has 0 unspecified atom stereocenters. The molecule has 1 heterocycles. The lowest BCUT2D eigenvalue weighted by atomic mass is 10.3. The van der Waals surface area contributed by atoms with Crippen LogP contribution < -0.4 is 11.1 Å². The number of nitrogens with zero attached hydrogens (tertiary/aromatic N) is 2. The van der Waals surface area contributed by atoms with Gasteiger partial charge in [0.05, 0.1) is 6.33 Å². The van der Waals surface area contributed by atoms with E-state index in [1.807, 2.05) is 0 Å². The van der Waals surface area contributed by atoms with E-state index in [4.69, 9.17) is 5.73 Å². The highest BCUT2D eigenvalue weighted by Crippen LogP contribution is 2.18. The number of rotatable bonds is 4. The monoisotopic (exact) mass is 266 g/mol. The number of benzene rings is 1. The maximum Gasteiger partial charge on any atom is 0.276 e. The summed E-state index contributed by atoms with van der Waals surface area (Å²) in [6.45, 7) is 0.910. The van der Waals surface area contributed by atoms with Crippen molar-refractivity contribution in [1.82, 2.24) is 9.55 Å². The number of aromatic nitrogens is 2. The average molecular weight is 266 g/mol. The second-order valence-electron chi connectivity index (χ2n) is 3.84. The molecule has 2 rings (SSSR count). The molecule has 0 spiro atoms. The first kappa shape index (κ1) is 13.2. The summed E-state index contributed by atoms with van der Waals surface area (Å²) in [6, 6.07) is 3.34. The zero-order valence-electron chi connectivity index (χ0n) is 9.94. The molecule has 5 nitrogen and oxygen atoms in total. The van der Waals surface area contributed by atoms with E-state index in [2.05, 4.69) is 10.3 Å². The third kappa shape index (κ3) is 2.94. The predicted molar refractivity (Wildman–Crippen MR) is 65.6 cm³/mol. The van der Waals surface area contributed by atoms with Crippen LogP contribution >= 0.6 is 0 Å². The summed E-state index contributed by atoms with van der Waals surface area (Å²) in [5.41, 5.74) is 4.94. The van der Waals surface area contributed by atoms with Crippen LogP contribution in [-0.2, 0) is 6.54 Å². The number of carbonyl (C=O) groups excluding carboxylic acids is 1. The minimum Gasteiger partial charge on any atom is -0.335 e. The first-order chi connectivity index (χ1) is 9.11. The molecule has 0 atom stereocenters. The zero-order valence-corrected chi connectivity index (χ0v) is 9.94. The van der Waals surface area contributed by atoms with Crippen LogP contribution in [0.15, 0.2) is 30.7 Å². The van der Waals surface area contributed by atoms with Crippen LogP contribution in [0.3, 0.4) is 0 Å². The first-order valence-electron chi connectivity index (χ1n) is 5.59. The van der Waals surface area contributed by atoms with Gasteiger partial charge in [-0.25, -0.2) is 13.8 Å². The van der Waals surface area contributed by atoms with E-state index in [9.17, 15) is 13.6 Å². The second kappa shape index (κ2) is 5.57. The van der Waals surface area contributed by atoms with E-state index in [0.29, 0.717) is 13.1 Å². The SMILES string of the molecule is NCCn1cnc(C(=O)Nc2c(F)cccc2F)c1. The van der Waals surface area contributed by atoms with E-state index >= 15 is 0 Å². The molecule has 0 bridgehead atoms. The Morgan fingerprint density at radius 2 is 2.05 bits per heavy atom. The molecule has 0 radical (unpaired) electrons. The largest absolute Gasteiger partial charge is 0.335 e. The van der Waals surface area contributed by atoms with Gasteiger partial charge < -0.3 is 15.6 Å². The predicted octanol–water partition coefficient (Wildman–Crippen LogP) is 1.37. The van der Waals surface area contributed by atoms with Crippen molar-refractivity contribution in [1.29, 1.82) is 0 Å². The molecule has 0 aliphatic rings. The van der Waals surface area contributed by atoms with Gasteiger partial charge >= 0.3 is 0 Å². The number of para-hydroxylation sites is 1. The Hall–Kier alpha value is -2.28. The van der Waals surface area contributed by atoms with Crippen molar-refractivity contribution in [2.75, 3.05) is 11.9 Å². The van der Waals surface area contributed by atoms with E-state index in [0.717, 1.165) is 12.1 Å². The maximum atomic E-state index is 13.4. The van der Waals surface area contributed by atoms with Crippen LogP contribution in [0.1, 0.15) is 10.5 Å². The van der Waals surface area contributed by atoms with Gasteiger partial charge in [0.15, 0.2) is 0 Å². The van der Waals surface area contributed by atoms with Gasteiger partial charge in [-0.1, -0.05) is 6.07 Å². The van der Waals surface area contributed by atoms with Gasteiger partial charge in [0.25, 0.3) is 5.91 Å². The number of imidazole rings is 1. The molecule has 0 fully saturated rings. The fourth-order valence-corrected chi connectivity index (χ4v) is 1.54. The van der Waals surface area contributed by atoms with Crippen molar-refractivity contribution in [3.05, 3.63) is 48.1 Å². The molecule has 7 heteroatoms. The molecule has 3 N–H and O–H groups in total. The van der Waals surface area contributed by atoms with Crippen LogP contribution in [0, 0.1) is 11.6 Å². The Labute approximate surface area is 108 Å². The fourth-order valence-electron chi connectivity index (χ4n) is 1.54. The smallest absolute Gasteiger partial charge is 0.276 e. The van der Waals surface area contributed by atoms with Crippen molar-refractivity contribution >= 4 is 11.6 Å². The van der Waals surface area contributed by atoms with E-state index in [1.54, 1.807) is 4.57 Å². The van der Waals surface area contributed by atoms with Crippen LogP contribution in [0.2, 0.25) is 0 Å². The van der Waals surface area contributed by atoms with Gasteiger partial charge in [-0.2, -0.15) is 0 Å². The number of hydrogen-bond donors (Lipinski definition) is 2. The number of nitrogens with one attached hydrogen (secondary N) is 1. The lowest BCUT2D eigenvalue weighted by Crippen LogP contribution is -2.15. The summed E-state index contributed by atoms with van der Waals surface area (Å²) in [5, 5.41) is 2.15. The molecule has 1 aromatic heterocycles. The molecule has 1 aromatic carbocycles. The number of nitrogens with two attached hydrogens (primary N) is 1. The van der Waals surface area contributed by atoms with Crippen LogP contribution in [-0.4, -0.2) is 22.0 Å². The summed E-state index contributed by atoms with van der Waals surface area (Å²) >= 11 is 0. The van der Waals surface area contributed by atoms with Crippen molar-refractivity contribution < 1.29 is 13.6 Å². The van der Waals surface area contributed by atoms with E-state index in [-0.39, 0.29) is 5.69 Å². The van der Waals surface area contributed by atoms with Gasteiger partial charge in [-0.05, 0) is 12.1 Å². The standard InChI is InChI=1S/C12H12F2N4O/c13-8-2-1-3-9(14)11(8)17-12(19)10-6-18(5-4-15)7-16-10/h1-3,6-7H,4-5,15H2,(H,17,19). The highest BCUT2D eigenvalue weighted by atomic mass is 19.1. The van der Waals surface area contributed by atoms with Gasteiger partial charge in [0.2, 0.25) is 0 Å². The molecule has 0 aliphatic heterocycles. The summed E-state index contributed by atoms with van der Waals surface area (Å²) in [7, 11) is 0. The number of halogens is 2. The van der Waals surface area contributed by atoms with Gasteiger partial charge in [0, 0.05) is 19.3 Å². The van der Waals surface area contributed by atoms with Crippen LogP contribution in [0.4, 0.5) is 14.5 Å². The van der Waals surface area contributed by atoms with E-state index in [1.165, 1.54) is 18.6 Å². The average Bonchev–Trinajstić information content (AvgIpc) is 2.83. The quantitative estimate of drug-likeness (QED) is 0.877. The second-order valence-corrected chi connectivity index (χ2v) is 3.84. The van der Waals surface area contributed by atoms with Crippen molar-refractivity contribution in [2.24, 2.45) is 5.73 Å². The molecule has 0 aliphatic carbocycles.